The van der Waals surface area contributed by atoms with Crippen molar-refractivity contribution in [1.82, 2.24) is 0 Å². The summed E-state index contributed by atoms with van der Waals surface area (Å²) in [5, 5.41) is 0. The Morgan fingerprint density at radius 3 is 1.79 bits per heavy atom. The molecular formula is C23H24O5. The van der Waals surface area contributed by atoms with Crippen molar-refractivity contribution in [3.63, 3.8) is 0 Å². The third kappa shape index (κ3) is 5.33. The van der Waals surface area contributed by atoms with Gasteiger partial charge in [-0.05, 0) is 35.4 Å². The summed E-state index contributed by atoms with van der Waals surface area (Å²) in [7, 11) is 0. The molecule has 0 aliphatic rings. The van der Waals surface area contributed by atoms with Gasteiger partial charge in [-0.1, -0.05) is 51.3 Å². The molecule has 5 heteroatoms. The maximum absolute atomic E-state index is 11.3. The molecule has 0 aromatic heterocycles. The second kappa shape index (κ2) is 9.04. The number of carbonyl (C=O) groups is 2. The molecule has 0 heterocycles. The van der Waals surface area contributed by atoms with E-state index in [1.54, 1.807) is 19.1 Å². The summed E-state index contributed by atoms with van der Waals surface area (Å²) in [5.74, 6) is 0.0370. The Morgan fingerprint density at radius 2 is 1.32 bits per heavy atom. The molecule has 0 N–H and O–H groups in total. The number of hydrogen-bond acceptors (Lipinski definition) is 5. The second-order valence-electron chi connectivity index (χ2n) is 6.63. The maximum Gasteiger partial charge on any atom is 0.335 e. The fourth-order valence-corrected chi connectivity index (χ4v) is 2.64. The fourth-order valence-electron chi connectivity index (χ4n) is 2.64. The largest absolute Gasteiger partial charge is 0.455 e. The first-order valence-electron chi connectivity index (χ1n) is 8.81. The van der Waals surface area contributed by atoms with Crippen LogP contribution in [-0.4, -0.2) is 18.2 Å². The van der Waals surface area contributed by atoms with Gasteiger partial charge in [0.15, 0.2) is 0 Å². The molecular weight excluding hydrogens is 356 g/mol. The van der Waals surface area contributed by atoms with Gasteiger partial charge in [0.2, 0.25) is 6.29 Å². The molecule has 1 unspecified atom stereocenters. The van der Waals surface area contributed by atoms with Crippen LogP contribution in [0.1, 0.15) is 31.9 Å². The number of carbonyl (C=O) groups excluding carboxylic acids is 2. The molecule has 1 atom stereocenters. The predicted octanol–water partition coefficient (Wildman–Crippen LogP) is 4.56. The zero-order valence-corrected chi connectivity index (χ0v) is 16.3. The Kier molecular flexibility index (Phi) is 6.77. The molecule has 0 aliphatic heterocycles. The van der Waals surface area contributed by atoms with Crippen LogP contribution >= 0.6 is 0 Å². The van der Waals surface area contributed by atoms with E-state index >= 15 is 0 Å². The molecule has 2 rings (SSSR count). The molecule has 0 bridgehead atoms. The van der Waals surface area contributed by atoms with Gasteiger partial charge in [0, 0.05) is 24.5 Å². The first kappa shape index (κ1) is 21.0. The summed E-state index contributed by atoms with van der Waals surface area (Å²) in [4.78, 5) is 22.5. The summed E-state index contributed by atoms with van der Waals surface area (Å²) in [6.07, 6.45) is 1.51. The van der Waals surface area contributed by atoms with Gasteiger partial charge in [0.25, 0.3) is 0 Å². The molecule has 0 radical (unpaired) electrons. The molecule has 2 aromatic carbocycles. The van der Waals surface area contributed by atoms with Crippen LogP contribution in [0.4, 0.5) is 0 Å². The minimum atomic E-state index is -0.713. The highest BCUT2D eigenvalue weighted by atomic mass is 16.7. The van der Waals surface area contributed by atoms with E-state index in [0.717, 1.165) is 23.3 Å². The monoisotopic (exact) mass is 380 g/mol. The molecule has 2 aromatic rings. The van der Waals surface area contributed by atoms with Crippen molar-refractivity contribution in [2.45, 2.75) is 32.5 Å². The first-order valence-corrected chi connectivity index (χ1v) is 8.81. The maximum atomic E-state index is 11.3. The number of hydrogen-bond donors (Lipinski definition) is 0. The Bertz CT molecular complexity index is 848. The van der Waals surface area contributed by atoms with Crippen molar-refractivity contribution < 1.29 is 23.8 Å². The second-order valence-corrected chi connectivity index (χ2v) is 6.63. The van der Waals surface area contributed by atoms with E-state index in [1.165, 1.54) is 0 Å². The quantitative estimate of drug-likeness (QED) is 0.291. The van der Waals surface area contributed by atoms with Crippen LogP contribution in [0.5, 0.6) is 11.5 Å². The van der Waals surface area contributed by atoms with Gasteiger partial charge >= 0.3 is 11.9 Å². The van der Waals surface area contributed by atoms with Gasteiger partial charge in [-0.3, -0.25) is 0 Å². The molecule has 0 aliphatic carbocycles. The summed E-state index contributed by atoms with van der Waals surface area (Å²) >= 11 is 0. The number of esters is 2. The van der Waals surface area contributed by atoms with Crippen molar-refractivity contribution in [2.75, 3.05) is 0 Å². The van der Waals surface area contributed by atoms with Crippen molar-refractivity contribution >= 4 is 11.9 Å². The van der Waals surface area contributed by atoms with E-state index in [0.29, 0.717) is 11.5 Å². The van der Waals surface area contributed by atoms with Gasteiger partial charge in [-0.25, -0.2) is 9.59 Å². The minimum absolute atomic E-state index is 0.277. The Balaban J connectivity index is 2.10. The summed E-state index contributed by atoms with van der Waals surface area (Å²) in [6.45, 7) is 12.6. The van der Waals surface area contributed by atoms with Gasteiger partial charge in [0.05, 0.1) is 0 Å². The van der Waals surface area contributed by atoms with Gasteiger partial charge in [-0.2, -0.15) is 0 Å². The molecule has 0 saturated heterocycles. The van der Waals surface area contributed by atoms with E-state index in [-0.39, 0.29) is 5.41 Å². The highest BCUT2D eigenvalue weighted by Gasteiger charge is 2.23. The molecule has 0 fully saturated rings. The Labute approximate surface area is 165 Å². The van der Waals surface area contributed by atoms with Crippen LogP contribution in [0, 0.1) is 0 Å². The van der Waals surface area contributed by atoms with Crippen molar-refractivity contribution in [3.8, 4) is 11.5 Å². The highest BCUT2D eigenvalue weighted by Crippen LogP contribution is 2.33. The van der Waals surface area contributed by atoms with Crippen LogP contribution in [0.3, 0.4) is 0 Å². The zero-order chi connectivity index (χ0) is 20.7. The Hall–Kier alpha value is -3.34. The van der Waals surface area contributed by atoms with E-state index in [2.05, 4.69) is 27.0 Å². The normalized spacial score (nSPS) is 11.8. The van der Waals surface area contributed by atoms with Crippen LogP contribution in [0.15, 0.2) is 73.8 Å². The molecule has 28 heavy (non-hydrogen) atoms. The van der Waals surface area contributed by atoms with Crippen LogP contribution in [-0.2, 0) is 19.7 Å². The fraction of sp³-hybridized carbons (Fsp3) is 0.217. The average molecular weight is 380 g/mol. The Morgan fingerprint density at radius 1 is 0.857 bits per heavy atom. The van der Waals surface area contributed by atoms with E-state index < -0.39 is 18.2 Å². The lowest BCUT2D eigenvalue weighted by Crippen LogP contribution is -2.20. The molecule has 0 spiro atoms. The standard InChI is InChI=1S/C23H24O5/c1-6-21(24)27-16(3)26-19-12-8-17(9-13-19)23(4,5)18-10-14-20(15-11-18)28-22(25)7-2/h6-16H,1-2H2,3-5H3. The number of benzene rings is 2. The van der Waals surface area contributed by atoms with Gasteiger partial charge < -0.3 is 14.2 Å². The number of rotatable bonds is 8. The molecule has 5 nitrogen and oxygen atoms in total. The van der Waals surface area contributed by atoms with Crippen molar-refractivity contribution in [2.24, 2.45) is 0 Å². The first-order chi connectivity index (χ1) is 13.3. The number of ether oxygens (including phenoxy) is 3. The lowest BCUT2D eigenvalue weighted by molar-refractivity contribution is -0.154. The summed E-state index contributed by atoms with van der Waals surface area (Å²) in [6, 6.07) is 14.9. The summed E-state index contributed by atoms with van der Waals surface area (Å²) < 4.78 is 15.7. The molecule has 146 valence electrons. The molecule has 0 amide bonds. The summed E-state index contributed by atoms with van der Waals surface area (Å²) in [5.41, 5.74) is 1.86. The third-order valence-corrected chi connectivity index (χ3v) is 4.29. The smallest absolute Gasteiger partial charge is 0.335 e. The predicted molar refractivity (Wildman–Crippen MR) is 107 cm³/mol. The van der Waals surface area contributed by atoms with Crippen molar-refractivity contribution in [1.29, 1.82) is 0 Å². The van der Waals surface area contributed by atoms with Crippen LogP contribution in [0.2, 0.25) is 0 Å². The van der Waals surface area contributed by atoms with Crippen LogP contribution < -0.4 is 9.47 Å². The third-order valence-electron chi connectivity index (χ3n) is 4.29. The van der Waals surface area contributed by atoms with Gasteiger partial charge in [-0.15, -0.1) is 0 Å². The lowest BCUT2D eigenvalue weighted by Gasteiger charge is -2.26. The molecule has 0 saturated carbocycles. The SMILES string of the molecule is C=CC(=O)Oc1ccc(C(C)(C)c2ccc(OC(C)OC(=O)C=C)cc2)cc1. The van der Waals surface area contributed by atoms with Gasteiger partial charge in [0.1, 0.15) is 11.5 Å². The van der Waals surface area contributed by atoms with Crippen LogP contribution in [0.25, 0.3) is 0 Å². The topological polar surface area (TPSA) is 61.8 Å². The lowest BCUT2D eigenvalue weighted by atomic mass is 9.78. The van der Waals surface area contributed by atoms with E-state index in [4.69, 9.17) is 14.2 Å². The average Bonchev–Trinajstić information content (AvgIpc) is 2.68. The van der Waals surface area contributed by atoms with Crippen molar-refractivity contribution in [3.05, 3.63) is 85.0 Å². The van der Waals surface area contributed by atoms with E-state index in [1.807, 2.05) is 36.4 Å². The van der Waals surface area contributed by atoms with E-state index in [9.17, 15) is 9.59 Å². The zero-order valence-electron chi connectivity index (χ0n) is 16.3. The minimum Gasteiger partial charge on any atom is -0.455 e. The highest BCUT2D eigenvalue weighted by molar-refractivity contribution is 5.83.